The molecule has 0 saturated heterocycles. The van der Waals surface area contributed by atoms with E-state index in [0.717, 1.165) is 25.1 Å². The number of rotatable bonds is 4. The number of carbonyl (C=O) groups is 1. The third-order valence-electron chi connectivity index (χ3n) is 4.15. The molecule has 140 valence electrons. The van der Waals surface area contributed by atoms with Crippen molar-refractivity contribution >= 4 is 11.4 Å². The first-order valence-electron chi connectivity index (χ1n) is 9.79. The van der Waals surface area contributed by atoms with Gasteiger partial charge in [0.15, 0.2) is 5.78 Å². The zero-order valence-corrected chi connectivity index (χ0v) is 17.0. The lowest BCUT2D eigenvalue weighted by atomic mass is 9.98. The smallest absolute Gasteiger partial charge is 0.176 e. The maximum atomic E-state index is 12.2. The van der Waals surface area contributed by atoms with Crippen LogP contribution in [-0.2, 0) is 0 Å². The number of carbonyl (C=O) groups excluding carboxylic acids is 1. The molecule has 0 radical (unpaired) electrons. The van der Waals surface area contributed by atoms with Crippen LogP contribution in [-0.4, -0.2) is 30.3 Å². The summed E-state index contributed by atoms with van der Waals surface area (Å²) >= 11 is 0. The van der Waals surface area contributed by atoms with Crippen molar-refractivity contribution in [2.75, 3.05) is 19.6 Å². The van der Waals surface area contributed by atoms with Gasteiger partial charge in [0.25, 0.3) is 0 Å². The van der Waals surface area contributed by atoms with Gasteiger partial charge in [-0.3, -0.25) is 9.69 Å². The van der Waals surface area contributed by atoms with Gasteiger partial charge in [0.05, 0.1) is 6.54 Å². The fourth-order valence-electron chi connectivity index (χ4n) is 2.88. The van der Waals surface area contributed by atoms with E-state index in [1.807, 2.05) is 58.0 Å². The third kappa shape index (κ3) is 6.61. The van der Waals surface area contributed by atoms with Gasteiger partial charge in [0.2, 0.25) is 0 Å². The zero-order chi connectivity index (χ0) is 19.4. The van der Waals surface area contributed by atoms with Crippen LogP contribution in [0.15, 0.2) is 60.7 Å². The highest BCUT2D eigenvalue weighted by molar-refractivity contribution is 5.97. The third-order valence-corrected chi connectivity index (χ3v) is 4.15. The molecule has 1 heterocycles. The predicted octanol–water partition coefficient (Wildman–Crippen LogP) is 6.02. The summed E-state index contributed by atoms with van der Waals surface area (Å²) in [5, 5.41) is 0. The van der Waals surface area contributed by atoms with E-state index in [1.54, 1.807) is 0 Å². The van der Waals surface area contributed by atoms with E-state index >= 15 is 0 Å². The van der Waals surface area contributed by atoms with Crippen LogP contribution in [0.2, 0.25) is 0 Å². The SMILES string of the molecule is CC.CC.Cc1cccc(C2=CCN(CC(=O)c3ccccc3)CC2)c1. The maximum absolute atomic E-state index is 12.2. The molecule has 26 heavy (non-hydrogen) atoms. The van der Waals surface area contributed by atoms with Gasteiger partial charge in [0, 0.05) is 18.7 Å². The Bertz CT molecular complexity index is 688. The summed E-state index contributed by atoms with van der Waals surface area (Å²) in [4.78, 5) is 14.5. The number of benzene rings is 2. The average Bonchev–Trinajstić information content (AvgIpc) is 2.72. The van der Waals surface area contributed by atoms with Crippen LogP contribution >= 0.6 is 0 Å². The van der Waals surface area contributed by atoms with Crippen molar-refractivity contribution in [2.45, 2.75) is 41.0 Å². The summed E-state index contributed by atoms with van der Waals surface area (Å²) in [6.45, 7) is 12.4. The summed E-state index contributed by atoms with van der Waals surface area (Å²) in [6, 6.07) is 18.2. The summed E-state index contributed by atoms with van der Waals surface area (Å²) in [6.07, 6.45) is 3.27. The van der Waals surface area contributed by atoms with E-state index in [9.17, 15) is 4.79 Å². The summed E-state index contributed by atoms with van der Waals surface area (Å²) in [5.74, 6) is 0.202. The van der Waals surface area contributed by atoms with Gasteiger partial charge in [-0.25, -0.2) is 0 Å². The molecule has 0 saturated carbocycles. The first kappa shape index (κ1) is 21.9. The van der Waals surface area contributed by atoms with Crippen molar-refractivity contribution in [3.05, 3.63) is 77.4 Å². The Morgan fingerprint density at radius 2 is 1.65 bits per heavy atom. The second-order valence-electron chi connectivity index (χ2n) is 5.87. The number of ketones is 1. The van der Waals surface area contributed by atoms with Gasteiger partial charge in [0.1, 0.15) is 0 Å². The largest absolute Gasteiger partial charge is 0.293 e. The lowest BCUT2D eigenvalue weighted by Crippen LogP contribution is -2.33. The predicted molar refractivity (Wildman–Crippen MR) is 114 cm³/mol. The number of nitrogens with zero attached hydrogens (tertiary/aromatic N) is 1. The highest BCUT2D eigenvalue weighted by atomic mass is 16.1. The van der Waals surface area contributed by atoms with Gasteiger partial charge in [-0.15, -0.1) is 0 Å². The molecule has 2 nitrogen and oxygen atoms in total. The number of hydrogen-bond acceptors (Lipinski definition) is 2. The molecule has 0 fully saturated rings. The first-order chi connectivity index (χ1) is 12.7. The maximum Gasteiger partial charge on any atom is 0.176 e. The minimum absolute atomic E-state index is 0.202. The zero-order valence-electron chi connectivity index (χ0n) is 17.0. The minimum atomic E-state index is 0.202. The summed E-state index contributed by atoms with van der Waals surface area (Å²) in [7, 11) is 0. The first-order valence-corrected chi connectivity index (χ1v) is 9.79. The van der Waals surface area contributed by atoms with Crippen LogP contribution < -0.4 is 0 Å². The fraction of sp³-hybridized carbons (Fsp3) is 0.375. The van der Waals surface area contributed by atoms with Crippen LogP contribution in [0, 0.1) is 6.92 Å². The lowest BCUT2D eigenvalue weighted by Gasteiger charge is -2.26. The van der Waals surface area contributed by atoms with E-state index in [-0.39, 0.29) is 5.78 Å². The van der Waals surface area contributed by atoms with Crippen molar-refractivity contribution in [2.24, 2.45) is 0 Å². The van der Waals surface area contributed by atoms with E-state index in [0.29, 0.717) is 6.54 Å². The lowest BCUT2D eigenvalue weighted by molar-refractivity contribution is 0.0937. The van der Waals surface area contributed by atoms with Crippen molar-refractivity contribution < 1.29 is 4.79 Å². The topological polar surface area (TPSA) is 20.3 Å². The molecule has 0 bridgehead atoms. The van der Waals surface area contributed by atoms with Crippen molar-refractivity contribution in [1.29, 1.82) is 0 Å². The van der Waals surface area contributed by atoms with E-state index in [1.165, 1.54) is 16.7 Å². The molecule has 0 aliphatic carbocycles. The molecular weight excluding hydrogens is 318 g/mol. The highest BCUT2D eigenvalue weighted by Gasteiger charge is 2.16. The second-order valence-corrected chi connectivity index (χ2v) is 5.87. The Morgan fingerprint density at radius 1 is 0.962 bits per heavy atom. The quantitative estimate of drug-likeness (QED) is 0.628. The molecule has 1 aliphatic rings. The van der Waals surface area contributed by atoms with E-state index in [4.69, 9.17) is 0 Å². The number of Topliss-reactive ketones (excluding diaryl/α,β-unsaturated/α-hetero) is 1. The van der Waals surface area contributed by atoms with Crippen molar-refractivity contribution in [1.82, 2.24) is 4.90 Å². The van der Waals surface area contributed by atoms with E-state index in [2.05, 4.69) is 42.2 Å². The van der Waals surface area contributed by atoms with Gasteiger partial charge in [-0.05, 0) is 24.5 Å². The molecule has 3 rings (SSSR count). The van der Waals surface area contributed by atoms with Crippen LogP contribution in [0.5, 0.6) is 0 Å². The molecule has 0 spiro atoms. The molecule has 0 aromatic heterocycles. The van der Waals surface area contributed by atoms with Gasteiger partial charge < -0.3 is 0 Å². The van der Waals surface area contributed by atoms with Crippen LogP contribution in [0.4, 0.5) is 0 Å². The van der Waals surface area contributed by atoms with Gasteiger partial charge in [-0.2, -0.15) is 0 Å². The average molecular weight is 352 g/mol. The fourth-order valence-corrected chi connectivity index (χ4v) is 2.88. The van der Waals surface area contributed by atoms with Gasteiger partial charge >= 0.3 is 0 Å². The van der Waals surface area contributed by atoms with Gasteiger partial charge in [-0.1, -0.05) is 93.9 Å². The Morgan fingerprint density at radius 3 is 2.23 bits per heavy atom. The number of aryl methyl sites for hydroxylation is 1. The van der Waals surface area contributed by atoms with Crippen LogP contribution in [0.1, 0.15) is 55.6 Å². The normalized spacial score (nSPS) is 13.5. The molecule has 0 unspecified atom stereocenters. The molecule has 0 N–H and O–H groups in total. The Balaban J connectivity index is 0.000000791. The molecule has 2 aromatic carbocycles. The molecule has 0 atom stereocenters. The highest BCUT2D eigenvalue weighted by Crippen LogP contribution is 2.23. The van der Waals surface area contributed by atoms with Crippen molar-refractivity contribution in [3.63, 3.8) is 0 Å². The Kier molecular flexibility index (Phi) is 10.3. The van der Waals surface area contributed by atoms with Crippen LogP contribution in [0.3, 0.4) is 0 Å². The van der Waals surface area contributed by atoms with E-state index < -0.39 is 0 Å². The summed E-state index contributed by atoms with van der Waals surface area (Å²) < 4.78 is 0. The molecule has 0 amide bonds. The van der Waals surface area contributed by atoms with Crippen molar-refractivity contribution in [3.8, 4) is 0 Å². The molecular formula is C24H33NO. The molecule has 1 aliphatic heterocycles. The summed E-state index contributed by atoms with van der Waals surface area (Å²) in [5.41, 5.74) is 4.80. The second kappa shape index (κ2) is 12.2. The standard InChI is InChI=1S/C20H21NO.2C2H6/c1-16-6-5-9-19(14-16)17-10-12-21(13-11-17)15-20(22)18-7-3-2-4-8-18;2*1-2/h2-10,14H,11-13,15H2,1H3;2*1-2H3. The minimum Gasteiger partial charge on any atom is -0.293 e. The monoisotopic (exact) mass is 351 g/mol. The Hall–Kier alpha value is -2.19. The number of hydrogen-bond donors (Lipinski definition) is 0. The molecule has 2 aromatic rings. The Labute approximate surface area is 159 Å². The molecule has 2 heteroatoms. The van der Waals surface area contributed by atoms with Crippen LogP contribution in [0.25, 0.3) is 5.57 Å².